The highest BCUT2D eigenvalue weighted by molar-refractivity contribution is 6.30. The van der Waals surface area contributed by atoms with Gasteiger partial charge in [0, 0.05) is 11.1 Å². The van der Waals surface area contributed by atoms with Gasteiger partial charge < -0.3 is 5.73 Å². The third-order valence-corrected chi connectivity index (χ3v) is 2.93. The van der Waals surface area contributed by atoms with Crippen molar-refractivity contribution in [3.8, 4) is 6.07 Å². The molecule has 2 N–H and O–H groups in total. The van der Waals surface area contributed by atoms with E-state index in [0.29, 0.717) is 10.6 Å². The Morgan fingerprint density at radius 3 is 3.00 bits per heavy atom. The highest BCUT2D eigenvalue weighted by Crippen LogP contribution is 2.32. The summed E-state index contributed by atoms with van der Waals surface area (Å²) in [6, 6.07) is 5.83. The number of fused-ring (bicyclic) bond motifs is 1. The summed E-state index contributed by atoms with van der Waals surface area (Å²) in [6.07, 6.45) is 2.99. The van der Waals surface area contributed by atoms with Gasteiger partial charge in [-0.25, -0.2) is 0 Å². The number of nitriles is 1. The van der Waals surface area contributed by atoms with Crippen LogP contribution >= 0.6 is 11.6 Å². The Morgan fingerprint density at radius 1 is 1.50 bits per heavy atom. The molecule has 1 aromatic carbocycles. The van der Waals surface area contributed by atoms with Gasteiger partial charge in [0.15, 0.2) is 0 Å². The maximum Gasteiger partial charge on any atom is 0.0995 e. The molecule has 72 valence electrons. The second-order valence-corrected chi connectivity index (χ2v) is 4.07. The predicted molar refractivity (Wildman–Crippen MR) is 56.0 cm³/mol. The van der Waals surface area contributed by atoms with Crippen molar-refractivity contribution in [2.24, 2.45) is 5.73 Å². The third kappa shape index (κ3) is 1.50. The lowest BCUT2D eigenvalue weighted by Gasteiger charge is -2.23. The SMILES string of the molecule is N#Cc1cc(Cl)cc2c1CCCC2N. The molecule has 1 unspecified atom stereocenters. The molecule has 2 rings (SSSR count). The summed E-state index contributed by atoms with van der Waals surface area (Å²) in [5, 5.41) is 9.56. The van der Waals surface area contributed by atoms with Gasteiger partial charge in [-0.05, 0) is 42.5 Å². The van der Waals surface area contributed by atoms with Gasteiger partial charge in [-0.15, -0.1) is 0 Å². The zero-order chi connectivity index (χ0) is 10.1. The molecule has 0 aromatic heterocycles. The van der Waals surface area contributed by atoms with E-state index in [1.165, 1.54) is 0 Å². The Bertz CT molecular complexity index is 406. The van der Waals surface area contributed by atoms with Gasteiger partial charge in [0.2, 0.25) is 0 Å². The Labute approximate surface area is 88.3 Å². The fraction of sp³-hybridized carbons (Fsp3) is 0.364. The molecule has 0 aliphatic heterocycles. The summed E-state index contributed by atoms with van der Waals surface area (Å²) in [7, 11) is 0. The van der Waals surface area contributed by atoms with Crippen molar-refractivity contribution >= 4 is 11.6 Å². The zero-order valence-electron chi connectivity index (χ0n) is 7.76. The highest BCUT2D eigenvalue weighted by atomic mass is 35.5. The number of rotatable bonds is 0. The van der Waals surface area contributed by atoms with Crippen LogP contribution in [0, 0.1) is 11.3 Å². The monoisotopic (exact) mass is 206 g/mol. The van der Waals surface area contributed by atoms with E-state index in [-0.39, 0.29) is 6.04 Å². The molecule has 0 amide bonds. The average Bonchev–Trinajstić information content (AvgIpc) is 2.18. The maximum atomic E-state index is 8.95. The topological polar surface area (TPSA) is 49.8 Å². The minimum Gasteiger partial charge on any atom is -0.324 e. The van der Waals surface area contributed by atoms with Crippen molar-refractivity contribution in [3.05, 3.63) is 33.8 Å². The molecule has 1 atom stereocenters. The molecule has 1 aliphatic rings. The van der Waals surface area contributed by atoms with Crippen LogP contribution in [-0.4, -0.2) is 0 Å². The lowest BCUT2D eigenvalue weighted by atomic mass is 9.85. The number of hydrogen-bond acceptors (Lipinski definition) is 2. The van der Waals surface area contributed by atoms with Gasteiger partial charge in [-0.2, -0.15) is 5.26 Å². The van der Waals surface area contributed by atoms with Crippen LogP contribution in [0.4, 0.5) is 0 Å². The summed E-state index contributed by atoms with van der Waals surface area (Å²) in [5.74, 6) is 0. The van der Waals surface area contributed by atoms with Crippen LogP contribution in [0.25, 0.3) is 0 Å². The third-order valence-electron chi connectivity index (χ3n) is 2.71. The Hall–Kier alpha value is -1.04. The number of nitrogens with two attached hydrogens (primary N) is 1. The lowest BCUT2D eigenvalue weighted by molar-refractivity contribution is 0.570. The van der Waals surface area contributed by atoms with E-state index in [1.54, 1.807) is 6.07 Å². The minimum atomic E-state index is 0.0459. The fourth-order valence-electron chi connectivity index (χ4n) is 2.02. The first-order valence-corrected chi connectivity index (χ1v) is 5.08. The molecule has 0 spiro atoms. The van der Waals surface area contributed by atoms with E-state index >= 15 is 0 Å². The summed E-state index contributed by atoms with van der Waals surface area (Å²) < 4.78 is 0. The van der Waals surface area contributed by atoms with E-state index < -0.39 is 0 Å². The van der Waals surface area contributed by atoms with Gasteiger partial charge >= 0.3 is 0 Å². The van der Waals surface area contributed by atoms with Gasteiger partial charge in [0.05, 0.1) is 11.6 Å². The van der Waals surface area contributed by atoms with E-state index in [0.717, 1.165) is 30.4 Å². The average molecular weight is 207 g/mol. The number of halogens is 1. The van der Waals surface area contributed by atoms with E-state index in [1.807, 2.05) is 6.07 Å². The molecule has 0 saturated heterocycles. The molecule has 14 heavy (non-hydrogen) atoms. The molecule has 0 heterocycles. The van der Waals surface area contributed by atoms with E-state index in [9.17, 15) is 0 Å². The largest absolute Gasteiger partial charge is 0.324 e. The maximum absolute atomic E-state index is 8.95. The molecule has 0 saturated carbocycles. The fourth-order valence-corrected chi connectivity index (χ4v) is 2.25. The second-order valence-electron chi connectivity index (χ2n) is 3.63. The Morgan fingerprint density at radius 2 is 2.29 bits per heavy atom. The van der Waals surface area contributed by atoms with Crippen LogP contribution in [-0.2, 0) is 6.42 Å². The van der Waals surface area contributed by atoms with Crippen molar-refractivity contribution in [1.29, 1.82) is 5.26 Å². The second kappa shape index (κ2) is 3.61. The van der Waals surface area contributed by atoms with Crippen LogP contribution in [0.15, 0.2) is 12.1 Å². The first kappa shape index (κ1) is 9.51. The van der Waals surface area contributed by atoms with Gasteiger partial charge in [0.1, 0.15) is 0 Å². The first-order chi connectivity index (χ1) is 6.72. The Kier molecular flexibility index (Phi) is 2.45. The predicted octanol–water partition coefficient (Wildman–Crippen LogP) is 2.55. The van der Waals surface area contributed by atoms with Gasteiger partial charge in [-0.3, -0.25) is 0 Å². The molecule has 0 radical (unpaired) electrons. The molecular weight excluding hydrogens is 196 g/mol. The van der Waals surface area contributed by atoms with E-state index in [2.05, 4.69) is 6.07 Å². The van der Waals surface area contributed by atoms with E-state index in [4.69, 9.17) is 22.6 Å². The van der Waals surface area contributed by atoms with Crippen molar-refractivity contribution in [2.45, 2.75) is 25.3 Å². The summed E-state index contributed by atoms with van der Waals surface area (Å²) in [6.45, 7) is 0. The first-order valence-electron chi connectivity index (χ1n) is 4.70. The molecule has 1 aromatic rings. The van der Waals surface area contributed by atoms with Crippen LogP contribution in [0.3, 0.4) is 0 Å². The normalized spacial score (nSPS) is 19.9. The Balaban J connectivity index is 2.62. The van der Waals surface area contributed by atoms with Crippen LogP contribution in [0.1, 0.15) is 35.6 Å². The zero-order valence-corrected chi connectivity index (χ0v) is 8.51. The number of nitrogens with zero attached hydrogens (tertiary/aromatic N) is 1. The lowest BCUT2D eigenvalue weighted by Crippen LogP contribution is -2.18. The molecule has 1 aliphatic carbocycles. The van der Waals surface area contributed by atoms with Crippen LogP contribution < -0.4 is 5.73 Å². The van der Waals surface area contributed by atoms with Crippen molar-refractivity contribution in [3.63, 3.8) is 0 Å². The summed E-state index contributed by atoms with van der Waals surface area (Å²) in [5.41, 5.74) is 8.80. The smallest absolute Gasteiger partial charge is 0.0995 e. The van der Waals surface area contributed by atoms with Crippen molar-refractivity contribution in [2.75, 3.05) is 0 Å². The molecular formula is C11H11ClN2. The molecule has 3 heteroatoms. The molecule has 0 fully saturated rings. The highest BCUT2D eigenvalue weighted by Gasteiger charge is 2.20. The van der Waals surface area contributed by atoms with Crippen molar-refractivity contribution < 1.29 is 0 Å². The summed E-state index contributed by atoms with van der Waals surface area (Å²) in [4.78, 5) is 0. The van der Waals surface area contributed by atoms with Crippen LogP contribution in [0.5, 0.6) is 0 Å². The van der Waals surface area contributed by atoms with Gasteiger partial charge in [-0.1, -0.05) is 11.6 Å². The number of benzene rings is 1. The standard InChI is InChI=1S/C11H11ClN2/c12-8-4-7(6-13)9-2-1-3-11(14)10(9)5-8/h4-5,11H,1-3,14H2. The molecule has 2 nitrogen and oxygen atoms in total. The van der Waals surface area contributed by atoms with Crippen LogP contribution in [0.2, 0.25) is 5.02 Å². The quantitative estimate of drug-likeness (QED) is 0.709. The summed E-state index contributed by atoms with van der Waals surface area (Å²) >= 11 is 5.92. The molecule has 0 bridgehead atoms. The minimum absolute atomic E-state index is 0.0459. The van der Waals surface area contributed by atoms with Crippen molar-refractivity contribution in [1.82, 2.24) is 0 Å². The number of hydrogen-bond donors (Lipinski definition) is 1. The van der Waals surface area contributed by atoms with Gasteiger partial charge in [0.25, 0.3) is 0 Å².